The van der Waals surface area contributed by atoms with Gasteiger partial charge in [-0.05, 0) is 47.5 Å². The van der Waals surface area contributed by atoms with Crippen LogP contribution in [0.1, 0.15) is 25.0 Å². The molecular formula is C24H22F4N6O. The molecule has 0 unspecified atom stereocenters. The number of rotatable bonds is 4. The molecule has 0 aliphatic carbocycles. The van der Waals surface area contributed by atoms with Gasteiger partial charge >= 0.3 is 6.18 Å². The molecule has 0 fully saturated rings. The smallest absolute Gasteiger partial charge is 0.324 e. The van der Waals surface area contributed by atoms with Gasteiger partial charge in [-0.3, -0.25) is 4.79 Å². The summed E-state index contributed by atoms with van der Waals surface area (Å²) in [6.45, 7) is 4.35. The zero-order valence-corrected chi connectivity index (χ0v) is 18.9. The van der Waals surface area contributed by atoms with Crippen molar-refractivity contribution >= 4 is 22.7 Å². The Morgan fingerprint density at radius 1 is 1.14 bits per heavy atom. The number of halogens is 4. The molecule has 11 heteroatoms. The Hall–Kier alpha value is -3.73. The first-order valence-electron chi connectivity index (χ1n) is 10.9. The van der Waals surface area contributed by atoms with Crippen molar-refractivity contribution < 1.29 is 17.6 Å². The van der Waals surface area contributed by atoms with E-state index in [1.165, 1.54) is 23.9 Å². The molecule has 35 heavy (non-hydrogen) atoms. The summed E-state index contributed by atoms with van der Waals surface area (Å²) in [5, 5.41) is 6.38. The van der Waals surface area contributed by atoms with E-state index in [9.17, 15) is 22.4 Å². The minimum atomic E-state index is -4.66. The molecule has 3 heterocycles. The van der Waals surface area contributed by atoms with E-state index >= 15 is 0 Å². The van der Waals surface area contributed by atoms with Crippen LogP contribution in [-0.2, 0) is 18.5 Å². The minimum absolute atomic E-state index is 0.0197. The highest BCUT2D eigenvalue weighted by molar-refractivity contribution is 5.77. The first-order valence-corrected chi connectivity index (χ1v) is 10.9. The van der Waals surface area contributed by atoms with Crippen LogP contribution in [0, 0.1) is 5.82 Å². The summed E-state index contributed by atoms with van der Waals surface area (Å²) in [6.07, 6.45) is -3.46. The summed E-state index contributed by atoms with van der Waals surface area (Å²) >= 11 is 0. The fourth-order valence-electron chi connectivity index (χ4n) is 4.46. The molecule has 7 nitrogen and oxygen atoms in total. The summed E-state index contributed by atoms with van der Waals surface area (Å²) in [7, 11) is 0. The van der Waals surface area contributed by atoms with Crippen LogP contribution < -0.4 is 16.2 Å². The summed E-state index contributed by atoms with van der Waals surface area (Å²) in [4.78, 5) is 21.3. The van der Waals surface area contributed by atoms with E-state index in [2.05, 4.69) is 34.4 Å². The molecule has 2 aromatic carbocycles. The highest BCUT2D eigenvalue weighted by Crippen LogP contribution is 2.32. The van der Waals surface area contributed by atoms with E-state index in [1.807, 2.05) is 18.2 Å². The largest absolute Gasteiger partial charge is 0.408 e. The van der Waals surface area contributed by atoms with E-state index in [-0.39, 0.29) is 28.1 Å². The molecule has 1 aliphatic rings. The van der Waals surface area contributed by atoms with Crippen molar-refractivity contribution in [3.05, 3.63) is 76.0 Å². The van der Waals surface area contributed by atoms with E-state index in [1.54, 1.807) is 0 Å². The van der Waals surface area contributed by atoms with Gasteiger partial charge in [-0.2, -0.15) is 18.2 Å². The zero-order chi connectivity index (χ0) is 25.0. The Kier molecular flexibility index (Phi) is 5.39. The third-order valence-electron chi connectivity index (χ3n) is 6.05. The van der Waals surface area contributed by atoms with Crippen molar-refractivity contribution in [1.82, 2.24) is 24.6 Å². The number of fused-ring (bicyclic) bond motifs is 2. The van der Waals surface area contributed by atoms with E-state index in [4.69, 9.17) is 0 Å². The average molecular weight is 486 g/mol. The van der Waals surface area contributed by atoms with Gasteiger partial charge < -0.3 is 10.6 Å². The molecule has 2 aromatic heterocycles. The van der Waals surface area contributed by atoms with Crippen LogP contribution in [0.4, 0.5) is 29.2 Å². The lowest BCUT2D eigenvalue weighted by Crippen LogP contribution is -2.38. The highest BCUT2D eigenvalue weighted by atomic mass is 19.4. The first kappa shape index (κ1) is 23.0. The SMILES string of the molecule is CC1(C)CNCc2cc(Nc3ncc4c(=O)n(CC(F)(F)F)n(-c5ccc(F)cc5)c4n3)ccc21. The molecule has 0 saturated carbocycles. The molecule has 4 aromatic rings. The molecule has 0 spiro atoms. The maximum Gasteiger partial charge on any atom is 0.408 e. The maximum atomic E-state index is 13.5. The normalized spacial score (nSPS) is 15.3. The average Bonchev–Trinajstić information content (AvgIpc) is 3.04. The van der Waals surface area contributed by atoms with Gasteiger partial charge in [0.25, 0.3) is 5.56 Å². The van der Waals surface area contributed by atoms with Crippen LogP contribution >= 0.6 is 0 Å². The molecular weight excluding hydrogens is 464 g/mol. The monoisotopic (exact) mass is 486 g/mol. The predicted octanol–water partition coefficient (Wildman–Crippen LogP) is 4.41. The first-order chi connectivity index (χ1) is 16.5. The second-order valence-electron chi connectivity index (χ2n) is 9.18. The van der Waals surface area contributed by atoms with E-state index in [0.29, 0.717) is 16.9 Å². The Labute approximate surface area is 197 Å². The zero-order valence-electron chi connectivity index (χ0n) is 18.9. The highest BCUT2D eigenvalue weighted by Gasteiger charge is 2.32. The number of nitrogens with zero attached hydrogens (tertiary/aromatic N) is 4. The van der Waals surface area contributed by atoms with Crippen molar-refractivity contribution in [3.8, 4) is 5.69 Å². The summed E-state index contributed by atoms with van der Waals surface area (Å²) < 4.78 is 54.9. The van der Waals surface area contributed by atoms with Crippen LogP contribution in [0.2, 0.25) is 0 Å². The molecule has 0 saturated heterocycles. The van der Waals surface area contributed by atoms with Gasteiger partial charge in [0, 0.05) is 30.4 Å². The molecule has 1 aliphatic heterocycles. The van der Waals surface area contributed by atoms with Gasteiger partial charge in [0.1, 0.15) is 17.7 Å². The van der Waals surface area contributed by atoms with Crippen LogP contribution in [0.25, 0.3) is 16.7 Å². The number of alkyl halides is 3. The summed E-state index contributed by atoms with van der Waals surface area (Å²) in [6, 6.07) is 10.7. The fraction of sp³-hybridized carbons (Fsp3) is 0.292. The number of aromatic nitrogens is 4. The lowest BCUT2D eigenvalue weighted by Gasteiger charge is -2.33. The minimum Gasteiger partial charge on any atom is -0.324 e. The van der Waals surface area contributed by atoms with Gasteiger partial charge in [0.05, 0.1) is 5.69 Å². The Morgan fingerprint density at radius 2 is 1.89 bits per heavy atom. The van der Waals surface area contributed by atoms with Crippen molar-refractivity contribution in [2.45, 2.75) is 38.5 Å². The lowest BCUT2D eigenvalue weighted by atomic mass is 9.79. The van der Waals surface area contributed by atoms with Gasteiger partial charge in [0.15, 0.2) is 5.65 Å². The van der Waals surface area contributed by atoms with Crippen molar-refractivity contribution in [2.75, 3.05) is 11.9 Å². The second-order valence-corrected chi connectivity index (χ2v) is 9.18. The summed E-state index contributed by atoms with van der Waals surface area (Å²) in [5.41, 5.74) is 2.27. The predicted molar refractivity (Wildman–Crippen MR) is 124 cm³/mol. The standard InChI is InChI=1S/C24H22F4N6O/c1-23(2)12-29-10-14-9-16(5-8-19(14)23)31-22-30-11-18-20(32-22)34(17-6-3-15(25)4-7-17)33(21(18)35)13-24(26,27)28/h3-9,11,29H,10,12-13H2,1-2H3,(H,30,31,32). The van der Waals surface area contributed by atoms with E-state index < -0.39 is 24.1 Å². The molecule has 0 atom stereocenters. The Balaban J connectivity index is 1.60. The van der Waals surface area contributed by atoms with Gasteiger partial charge in [-0.25, -0.2) is 18.7 Å². The van der Waals surface area contributed by atoms with Crippen molar-refractivity contribution in [3.63, 3.8) is 0 Å². The molecule has 5 rings (SSSR count). The number of nitrogens with one attached hydrogen (secondary N) is 2. The molecule has 0 radical (unpaired) electrons. The number of hydrogen-bond acceptors (Lipinski definition) is 5. The molecule has 182 valence electrons. The molecule has 2 N–H and O–H groups in total. The molecule has 0 amide bonds. The van der Waals surface area contributed by atoms with Crippen LogP contribution in [0.3, 0.4) is 0 Å². The fourth-order valence-corrected chi connectivity index (χ4v) is 4.46. The number of anilines is 2. The third kappa shape index (κ3) is 4.39. The van der Waals surface area contributed by atoms with Crippen LogP contribution in [-0.4, -0.2) is 32.1 Å². The third-order valence-corrected chi connectivity index (χ3v) is 6.05. The van der Waals surface area contributed by atoms with Crippen LogP contribution in [0.5, 0.6) is 0 Å². The quantitative estimate of drug-likeness (QED) is 0.418. The second kappa shape index (κ2) is 8.19. The topological polar surface area (TPSA) is 76.8 Å². The number of hydrogen-bond donors (Lipinski definition) is 2. The Morgan fingerprint density at radius 3 is 2.60 bits per heavy atom. The van der Waals surface area contributed by atoms with Crippen molar-refractivity contribution in [1.29, 1.82) is 0 Å². The van der Waals surface area contributed by atoms with Gasteiger partial charge in [-0.1, -0.05) is 19.9 Å². The van der Waals surface area contributed by atoms with Crippen molar-refractivity contribution in [2.24, 2.45) is 0 Å². The summed E-state index contributed by atoms with van der Waals surface area (Å²) in [5.74, 6) is -0.447. The lowest BCUT2D eigenvalue weighted by molar-refractivity contribution is -0.144. The van der Waals surface area contributed by atoms with Gasteiger partial charge in [0.2, 0.25) is 5.95 Å². The molecule has 0 bridgehead atoms. The van der Waals surface area contributed by atoms with Crippen LogP contribution in [0.15, 0.2) is 53.5 Å². The maximum absolute atomic E-state index is 13.5. The number of benzene rings is 2. The van der Waals surface area contributed by atoms with Gasteiger partial charge in [-0.15, -0.1) is 0 Å². The Bertz CT molecular complexity index is 1470. The van der Waals surface area contributed by atoms with E-state index in [0.717, 1.165) is 28.9 Å².